The Labute approximate surface area is 178 Å². The molecule has 10 nitrogen and oxygen atoms in total. The maximum atomic E-state index is 14.2. The van der Waals surface area contributed by atoms with E-state index in [1.807, 2.05) is 4.90 Å². The average molecular weight is 446 g/mol. The quantitative estimate of drug-likeness (QED) is 0.584. The van der Waals surface area contributed by atoms with Crippen molar-refractivity contribution in [3.05, 3.63) is 55.6 Å². The van der Waals surface area contributed by atoms with Gasteiger partial charge in [0.05, 0.1) is 23.9 Å². The first-order chi connectivity index (χ1) is 14.8. The first kappa shape index (κ1) is 20.9. The van der Waals surface area contributed by atoms with Gasteiger partial charge >= 0.3 is 5.69 Å². The number of nitrogens with zero attached hydrogens (tertiary/aromatic N) is 4. The van der Waals surface area contributed by atoms with Crippen molar-refractivity contribution in [1.29, 1.82) is 0 Å². The highest BCUT2D eigenvalue weighted by Gasteiger charge is 2.27. The van der Waals surface area contributed by atoms with E-state index in [1.165, 1.54) is 36.5 Å². The van der Waals surface area contributed by atoms with E-state index < -0.39 is 17.4 Å². The maximum absolute atomic E-state index is 14.2. The van der Waals surface area contributed by atoms with E-state index in [0.29, 0.717) is 29.9 Å². The van der Waals surface area contributed by atoms with Crippen molar-refractivity contribution in [3.63, 3.8) is 0 Å². The molecule has 0 radical (unpaired) electrons. The van der Waals surface area contributed by atoms with Crippen molar-refractivity contribution in [2.75, 3.05) is 31.6 Å². The molecule has 0 atom stereocenters. The molecule has 0 aliphatic carbocycles. The minimum Gasteiger partial charge on any atom is -0.354 e. The first-order valence-corrected chi connectivity index (χ1v) is 10.2. The highest BCUT2D eigenvalue weighted by molar-refractivity contribution is 7.18. The molecule has 0 bridgehead atoms. The van der Waals surface area contributed by atoms with E-state index in [4.69, 9.17) is 0 Å². The van der Waals surface area contributed by atoms with Crippen molar-refractivity contribution in [2.45, 2.75) is 6.54 Å². The van der Waals surface area contributed by atoms with E-state index in [-0.39, 0.29) is 29.4 Å². The number of hydrogen-bond donors (Lipinski definition) is 2. The van der Waals surface area contributed by atoms with Crippen LogP contribution in [-0.2, 0) is 18.4 Å². The molecule has 12 heteroatoms. The van der Waals surface area contributed by atoms with Gasteiger partial charge in [-0.15, -0.1) is 11.3 Å². The molecular weight excluding hydrogens is 427 g/mol. The number of carbonyl (C=O) groups is 2. The van der Waals surface area contributed by atoms with Crippen molar-refractivity contribution in [3.8, 4) is 0 Å². The van der Waals surface area contributed by atoms with Gasteiger partial charge in [0, 0.05) is 44.7 Å². The lowest BCUT2D eigenvalue weighted by atomic mass is 10.2. The lowest BCUT2D eigenvalue weighted by Gasteiger charge is -2.33. The maximum Gasteiger partial charge on any atom is 0.328 e. The number of aromatic nitrogens is 3. The Morgan fingerprint density at radius 3 is 2.74 bits per heavy atom. The zero-order valence-electron chi connectivity index (χ0n) is 16.8. The molecular formula is C19H19FN6O4S. The minimum absolute atomic E-state index is 0.0988. The number of aromatic amines is 1. The SMILES string of the molecule is CNC(=O)c1ncc(N2CCN(Cc3cc4[nH]c(=O)n(C)c(=O)c4s3)CC2=O)cc1F. The molecule has 1 saturated heterocycles. The van der Waals surface area contributed by atoms with Gasteiger partial charge < -0.3 is 15.2 Å². The molecule has 0 saturated carbocycles. The summed E-state index contributed by atoms with van der Waals surface area (Å²) in [6.07, 6.45) is 1.30. The Kier molecular flexibility index (Phi) is 5.41. The van der Waals surface area contributed by atoms with Crippen LogP contribution in [0, 0.1) is 5.82 Å². The molecule has 3 aromatic rings. The standard InChI is InChI=1S/C19H19FN6O4S/c1-21-17(28)15-12(20)5-10(7-22-15)26-4-3-25(9-14(26)27)8-11-6-13-16(31-11)18(29)24(2)19(30)23-13/h5-7H,3-4,8-9H2,1-2H3,(H,21,28)(H,23,30). The van der Waals surface area contributed by atoms with Crippen LogP contribution in [0.2, 0.25) is 0 Å². The van der Waals surface area contributed by atoms with Crippen LogP contribution in [-0.4, -0.2) is 57.9 Å². The number of anilines is 1. The second kappa shape index (κ2) is 8.04. The van der Waals surface area contributed by atoms with Crippen LogP contribution in [0.1, 0.15) is 15.4 Å². The van der Waals surface area contributed by atoms with Gasteiger partial charge in [-0.1, -0.05) is 0 Å². The van der Waals surface area contributed by atoms with Gasteiger partial charge in [0.15, 0.2) is 11.5 Å². The van der Waals surface area contributed by atoms with Gasteiger partial charge in [0.1, 0.15) is 4.70 Å². The molecule has 0 spiro atoms. The summed E-state index contributed by atoms with van der Waals surface area (Å²) in [5.74, 6) is -1.67. The summed E-state index contributed by atoms with van der Waals surface area (Å²) in [6, 6.07) is 2.87. The van der Waals surface area contributed by atoms with Crippen molar-refractivity contribution in [1.82, 2.24) is 24.8 Å². The number of amides is 2. The van der Waals surface area contributed by atoms with Gasteiger partial charge in [-0.3, -0.25) is 23.9 Å². The zero-order valence-corrected chi connectivity index (χ0v) is 17.6. The molecule has 0 unspecified atom stereocenters. The van der Waals surface area contributed by atoms with E-state index in [0.717, 1.165) is 15.5 Å². The largest absolute Gasteiger partial charge is 0.354 e. The Balaban J connectivity index is 1.48. The number of piperazine rings is 1. The molecule has 3 aromatic heterocycles. The van der Waals surface area contributed by atoms with Crippen LogP contribution in [0.5, 0.6) is 0 Å². The molecule has 1 aliphatic rings. The van der Waals surface area contributed by atoms with Crippen molar-refractivity contribution < 1.29 is 14.0 Å². The topological polar surface area (TPSA) is 120 Å². The number of H-pyrrole nitrogens is 1. The summed E-state index contributed by atoms with van der Waals surface area (Å²) in [6.45, 7) is 1.38. The van der Waals surface area contributed by atoms with Gasteiger partial charge in [-0.2, -0.15) is 0 Å². The molecule has 162 valence electrons. The third-order valence-electron chi connectivity index (χ3n) is 5.09. The fraction of sp³-hybridized carbons (Fsp3) is 0.316. The molecule has 0 aromatic carbocycles. The number of carbonyl (C=O) groups excluding carboxylic acids is 2. The third kappa shape index (κ3) is 3.86. The third-order valence-corrected chi connectivity index (χ3v) is 6.20. The summed E-state index contributed by atoms with van der Waals surface area (Å²) in [4.78, 5) is 58.9. The summed E-state index contributed by atoms with van der Waals surface area (Å²) < 4.78 is 15.7. The van der Waals surface area contributed by atoms with Crippen LogP contribution >= 0.6 is 11.3 Å². The number of hydrogen-bond acceptors (Lipinski definition) is 7. The summed E-state index contributed by atoms with van der Waals surface area (Å²) in [7, 11) is 2.79. The number of nitrogens with one attached hydrogen (secondary N) is 2. The number of fused-ring (bicyclic) bond motifs is 1. The summed E-state index contributed by atoms with van der Waals surface area (Å²) in [5, 5.41) is 2.31. The van der Waals surface area contributed by atoms with Gasteiger partial charge in [-0.25, -0.2) is 14.2 Å². The first-order valence-electron chi connectivity index (χ1n) is 9.40. The van der Waals surface area contributed by atoms with Crippen LogP contribution in [0.4, 0.5) is 10.1 Å². The van der Waals surface area contributed by atoms with Crippen molar-refractivity contribution >= 4 is 39.1 Å². The lowest BCUT2D eigenvalue weighted by molar-refractivity contribution is -0.121. The van der Waals surface area contributed by atoms with E-state index >= 15 is 0 Å². The Hall–Kier alpha value is -3.38. The summed E-state index contributed by atoms with van der Waals surface area (Å²) >= 11 is 1.28. The highest BCUT2D eigenvalue weighted by Crippen LogP contribution is 2.24. The molecule has 31 heavy (non-hydrogen) atoms. The predicted molar refractivity (Wildman–Crippen MR) is 113 cm³/mol. The van der Waals surface area contributed by atoms with Gasteiger partial charge in [-0.05, 0) is 6.07 Å². The number of pyridine rings is 1. The Bertz CT molecular complexity index is 1310. The Morgan fingerprint density at radius 2 is 2.06 bits per heavy atom. The predicted octanol–water partition coefficient (Wildman–Crippen LogP) is 0.0308. The molecule has 2 N–H and O–H groups in total. The van der Waals surface area contributed by atoms with Crippen molar-refractivity contribution in [2.24, 2.45) is 7.05 Å². The molecule has 2 amide bonds. The smallest absolute Gasteiger partial charge is 0.328 e. The van der Waals surface area contributed by atoms with Crippen LogP contribution in [0.25, 0.3) is 10.2 Å². The second-order valence-electron chi connectivity index (χ2n) is 7.11. The van der Waals surface area contributed by atoms with Crippen LogP contribution in [0.3, 0.4) is 0 Å². The van der Waals surface area contributed by atoms with Crippen LogP contribution in [0.15, 0.2) is 27.9 Å². The normalized spacial score (nSPS) is 14.9. The summed E-state index contributed by atoms with van der Waals surface area (Å²) in [5.41, 5.74) is -0.389. The second-order valence-corrected chi connectivity index (χ2v) is 8.25. The average Bonchev–Trinajstić information content (AvgIpc) is 3.14. The molecule has 4 rings (SSSR count). The zero-order chi connectivity index (χ0) is 22.3. The highest BCUT2D eigenvalue weighted by atomic mass is 32.1. The monoisotopic (exact) mass is 446 g/mol. The molecule has 1 aliphatic heterocycles. The number of halogens is 1. The molecule has 4 heterocycles. The number of thiophene rings is 1. The van der Waals surface area contributed by atoms with Gasteiger partial charge in [0.25, 0.3) is 11.5 Å². The fourth-order valence-corrected chi connectivity index (χ4v) is 4.56. The molecule has 1 fully saturated rings. The van der Waals surface area contributed by atoms with E-state index in [9.17, 15) is 23.6 Å². The van der Waals surface area contributed by atoms with E-state index in [2.05, 4.69) is 15.3 Å². The van der Waals surface area contributed by atoms with E-state index in [1.54, 1.807) is 6.07 Å². The minimum atomic E-state index is -0.798. The van der Waals surface area contributed by atoms with Gasteiger partial charge in [0.2, 0.25) is 5.91 Å². The number of rotatable bonds is 4. The fourth-order valence-electron chi connectivity index (χ4n) is 3.43. The van der Waals surface area contributed by atoms with Crippen LogP contribution < -0.4 is 21.5 Å². The Morgan fingerprint density at radius 1 is 1.29 bits per heavy atom. The lowest BCUT2D eigenvalue weighted by Crippen LogP contribution is -2.50.